The van der Waals surface area contributed by atoms with Crippen molar-refractivity contribution < 1.29 is 4.79 Å². The smallest absolute Gasteiger partial charge is 0.241 e. The van der Waals surface area contributed by atoms with E-state index in [1.54, 1.807) is 16.4 Å². The Kier molecular flexibility index (Phi) is 3.49. The molecule has 4 rings (SSSR count). The van der Waals surface area contributed by atoms with E-state index >= 15 is 0 Å². The Balaban J connectivity index is 1.48. The maximum Gasteiger partial charge on any atom is 0.241 e. The monoisotopic (exact) mass is 326 g/mol. The van der Waals surface area contributed by atoms with Gasteiger partial charge in [-0.3, -0.25) is 14.4 Å². The number of amides is 1. The zero-order valence-corrected chi connectivity index (χ0v) is 14.0. The van der Waals surface area contributed by atoms with Crippen molar-refractivity contribution in [2.24, 2.45) is 12.0 Å². The molecule has 0 aliphatic carbocycles. The Morgan fingerprint density at radius 1 is 1.30 bits per heavy atom. The summed E-state index contributed by atoms with van der Waals surface area (Å²) in [6.45, 7) is 2.69. The van der Waals surface area contributed by atoms with Gasteiger partial charge in [-0.05, 0) is 25.0 Å². The number of carbonyl (C=O) groups is 1. The van der Waals surface area contributed by atoms with Crippen molar-refractivity contribution in [1.82, 2.24) is 9.78 Å². The fraction of sp³-hybridized carbons (Fsp3) is 0.353. The Labute approximate surface area is 139 Å². The fourth-order valence-electron chi connectivity index (χ4n) is 3.18. The molecule has 5 nitrogen and oxygen atoms in total. The average molecular weight is 326 g/mol. The summed E-state index contributed by atoms with van der Waals surface area (Å²) in [7, 11) is 1.88. The van der Waals surface area contributed by atoms with Crippen molar-refractivity contribution in [3.05, 3.63) is 41.6 Å². The van der Waals surface area contributed by atoms with Gasteiger partial charge in [0.15, 0.2) is 0 Å². The Morgan fingerprint density at radius 2 is 2.13 bits per heavy atom. The molecule has 2 aromatic rings. The zero-order valence-electron chi connectivity index (χ0n) is 13.2. The molecular formula is C17H18N4OS. The third-order valence-electron chi connectivity index (χ3n) is 4.27. The second-order valence-corrected chi connectivity index (χ2v) is 7.24. The van der Waals surface area contributed by atoms with E-state index in [2.05, 4.69) is 16.2 Å². The fourth-order valence-corrected chi connectivity index (χ4v) is 4.35. The van der Waals surface area contributed by atoms with Gasteiger partial charge in [-0.15, -0.1) is 0 Å². The molecular weight excluding hydrogens is 308 g/mol. The van der Waals surface area contributed by atoms with Crippen LogP contribution in [0, 0.1) is 6.92 Å². The first-order valence-electron chi connectivity index (χ1n) is 7.76. The minimum absolute atomic E-state index is 0.0433. The number of nitrogens with zero attached hydrogens (tertiary/aromatic N) is 4. The highest BCUT2D eigenvalue weighted by molar-refractivity contribution is 8.15. The van der Waals surface area contributed by atoms with Crippen LogP contribution in [0.1, 0.15) is 17.7 Å². The lowest BCUT2D eigenvalue weighted by Gasteiger charge is -2.16. The van der Waals surface area contributed by atoms with Crippen LogP contribution in [0.25, 0.3) is 0 Å². The number of anilines is 1. The summed E-state index contributed by atoms with van der Waals surface area (Å²) in [6, 6.07) is 10.1. The third kappa shape index (κ3) is 2.57. The minimum Gasteiger partial charge on any atom is -0.296 e. The van der Waals surface area contributed by atoms with Gasteiger partial charge in [0.05, 0.1) is 21.7 Å². The number of thioether (sulfide) groups is 1. The third-order valence-corrected chi connectivity index (χ3v) is 5.50. The van der Waals surface area contributed by atoms with Gasteiger partial charge in [-0.25, -0.2) is 4.99 Å². The van der Waals surface area contributed by atoms with Gasteiger partial charge in [0.1, 0.15) is 5.82 Å². The summed E-state index contributed by atoms with van der Waals surface area (Å²) in [5.74, 6) is 1.05. The highest BCUT2D eigenvalue weighted by Crippen LogP contribution is 2.35. The lowest BCUT2D eigenvalue weighted by Crippen LogP contribution is -2.30. The number of rotatable bonds is 2. The van der Waals surface area contributed by atoms with E-state index in [1.807, 2.05) is 43.1 Å². The summed E-state index contributed by atoms with van der Waals surface area (Å²) in [4.78, 5) is 19.2. The molecule has 1 fully saturated rings. The molecule has 0 N–H and O–H groups in total. The summed E-state index contributed by atoms with van der Waals surface area (Å²) in [6.07, 6.45) is 1.69. The molecule has 1 aromatic carbocycles. The van der Waals surface area contributed by atoms with E-state index in [-0.39, 0.29) is 11.2 Å². The van der Waals surface area contributed by atoms with Crippen LogP contribution < -0.4 is 4.90 Å². The number of para-hydroxylation sites is 1. The number of hydrogen-bond acceptors (Lipinski definition) is 4. The molecule has 1 amide bonds. The van der Waals surface area contributed by atoms with E-state index in [9.17, 15) is 4.79 Å². The number of aryl methyl sites for hydroxylation is 2. The van der Waals surface area contributed by atoms with Gasteiger partial charge in [0.25, 0.3) is 0 Å². The lowest BCUT2D eigenvalue weighted by atomic mass is 10.2. The van der Waals surface area contributed by atoms with Gasteiger partial charge in [0, 0.05) is 26.1 Å². The van der Waals surface area contributed by atoms with Gasteiger partial charge >= 0.3 is 0 Å². The number of fused-ring (bicyclic) bond motifs is 1. The van der Waals surface area contributed by atoms with Gasteiger partial charge < -0.3 is 0 Å². The number of hydrogen-bond donors (Lipinski definition) is 0. The topological polar surface area (TPSA) is 50.5 Å². The molecule has 1 atom stereocenters. The largest absolute Gasteiger partial charge is 0.296 e. The Hall–Kier alpha value is -2.08. The van der Waals surface area contributed by atoms with E-state index < -0.39 is 0 Å². The summed E-state index contributed by atoms with van der Waals surface area (Å²) in [5, 5.41) is 5.34. The summed E-state index contributed by atoms with van der Waals surface area (Å²) in [5.41, 5.74) is 3.22. The zero-order chi connectivity index (χ0) is 16.0. The van der Waals surface area contributed by atoms with E-state index in [1.165, 1.54) is 5.56 Å². The molecule has 0 bridgehead atoms. The normalized spacial score (nSPS) is 20.1. The first kappa shape index (κ1) is 14.5. The van der Waals surface area contributed by atoms with Crippen LogP contribution in [0.2, 0.25) is 0 Å². The van der Waals surface area contributed by atoms with E-state index in [0.29, 0.717) is 0 Å². The standard InChI is InChI=1S/C17H18N4OS/c1-11-9-16(20(2)19-11)21-8-7-14(17(21)22)23-15-10-12-5-3-4-6-13(12)18-15/h3-6,9,14H,7-8,10H2,1-2H3/t14-/m0/s1. The molecule has 2 aliphatic heterocycles. The number of aliphatic imine (C=N–C) groups is 1. The first-order valence-corrected chi connectivity index (χ1v) is 8.64. The number of carbonyl (C=O) groups excluding carboxylic acids is 1. The molecule has 2 aliphatic rings. The molecule has 0 radical (unpaired) electrons. The number of benzene rings is 1. The van der Waals surface area contributed by atoms with Crippen LogP contribution in [0.15, 0.2) is 35.3 Å². The predicted octanol–water partition coefficient (Wildman–Crippen LogP) is 2.85. The molecule has 3 heterocycles. The molecule has 0 unspecified atom stereocenters. The van der Waals surface area contributed by atoms with Crippen LogP contribution in [0.4, 0.5) is 11.5 Å². The Morgan fingerprint density at radius 3 is 2.87 bits per heavy atom. The molecule has 1 saturated heterocycles. The number of aromatic nitrogens is 2. The second kappa shape index (κ2) is 5.53. The molecule has 23 heavy (non-hydrogen) atoms. The molecule has 6 heteroatoms. The van der Waals surface area contributed by atoms with Crippen molar-refractivity contribution in [2.75, 3.05) is 11.4 Å². The molecule has 1 aromatic heterocycles. The van der Waals surface area contributed by atoms with E-state index in [0.717, 1.165) is 41.6 Å². The van der Waals surface area contributed by atoms with Crippen molar-refractivity contribution in [3.63, 3.8) is 0 Å². The van der Waals surface area contributed by atoms with Crippen LogP contribution in [-0.2, 0) is 18.3 Å². The van der Waals surface area contributed by atoms with Crippen LogP contribution in [0.3, 0.4) is 0 Å². The van der Waals surface area contributed by atoms with Crippen LogP contribution >= 0.6 is 11.8 Å². The van der Waals surface area contributed by atoms with Crippen molar-refractivity contribution in [1.29, 1.82) is 0 Å². The summed E-state index contributed by atoms with van der Waals surface area (Å²) >= 11 is 1.62. The molecule has 0 spiro atoms. The second-order valence-electron chi connectivity index (χ2n) is 5.96. The van der Waals surface area contributed by atoms with Crippen LogP contribution in [0.5, 0.6) is 0 Å². The lowest BCUT2D eigenvalue weighted by molar-refractivity contribution is -0.116. The van der Waals surface area contributed by atoms with Gasteiger partial charge in [-0.1, -0.05) is 30.0 Å². The maximum atomic E-state index is 12.7. The highest BCUT2D eigenvalue weighted by atomic mass is 32.2. The van der Waals surface area contributed by atoms with E-state index in [4.69, 9.17) is 0 Å². The molecule has 118 valence electrons. The first-order chi connectivity index (χ1) is 11.1. The van der Waals surface area contributed by atoms with Crippen LogP contribution in [-0.4, -0.2) is 32.5 Å². The SMILES string of the molecule is Cc1cc(N2CC[C@H](SC3=Nc4ccccc4C3)C2=O)n(C)n1. The Bertz CT molecular complexity index is 811. The summed E-state index contributed by atoms with van der Waals surface area (Å²) < 4.78 is 1.78. The highest BCUT2D eigenvalue weighted by Gasteiger charge is 2.36. The predicted molar refractivity (Wildman–Crippen MR) is 93.5 cm³/mol. The van der Waals surface area contributed by atoms with Crippen molar-refractivity contribution in [3.8, 4) is 0 Å². The minimum atomic E-state index is -0.0433. The molecule has 0 saturated carbocycles. The maximum absolute atomic E-state index is 12.7. The average Bonchev–Trinajstić information content (AvgIpc) is 3.18. The van der Waals surface area contributed by atoms with Crippen molar-refractivity contribution in [2.45, 2.75) is 25.0 Å². The van der Waals surface area contributed by atoms with Gasteiger partial charge in [0.2, 0.25) is 5.91 Å². The van der Waals surface area contributed by atoms with Crippen molar-refractivity contribution >= 4 is 34.2 Å². The van der Waals surface area contributed by atoms with Gasteiger partial charge in [-0.2, -0.15) is 5.10 Å². The quantitative estimate of drug-likeness (QED) is 0.853.